The minimum atomic E-state index is -1.58. The fourth-order valence-electron chi connectivity index (χ4n) is 7.61. The highest BCUT2D eigenvalue weighted by atomic mass is 16.6. The first-order valence-corrected chi connectivity index (χ1v) is 21.8. The van der Waals surface area contributed by atoms with E-state index in [0.29, 0.717) is 11.3 Å². The van der Waals surface area contributed by atoms with E-state index in [1.165, 1.54) is 30.1 Å². The Morgan fingerprint density at radius 1 is 0.721 bits per heavy atom. The van der Waals surface area contributed by atoms with Crippen LogP contribution in [0, 0.1) is 0 Å². The molecule has 0 radical (unpaired) electrons. The van der Waals surface area contributed by atoms with Crippen molar-refractivity contribution < 1.29 is 57.2 Å². The van der Waals surface area contributed by atoms with Crippen LogP contribution in [-0.2, 0) is 46.2 Å². The molecule has 3 amide bonds. The van der Waals surface area contributed by atoms with Crippen LogP contribution in [0.2, 0.25) is 0 Å². The smallest absolute Gasteiger partial charge is 0.407 e. The van der Waals surface area contributed by atoms with Crippen molar-refractivity contribution in [2.45, 2.75) is 69.7 Å². The summed E-state index contributed by atoms with van der Waals surface area (Å²) in [7, 11) is 1.19. The minimum absolute atomic E-state index is 0.0654. The van der Waals surface area contributed by atoms with Gasteiger partial charge in [-0.25, -0.2) is 9.59 Å². The van der Waals surface area contributed by atoms with Crippen molar-refractivity contribution in [2.75, 3.05) is 13.7 Å². The highest BCUT2D eigenvalue weighted by Crippen LogP contribution is 2.44. The third-order valence-electron chi connectivity index (χ3n) is 10.7. The lowest BCUT2D eigenvalue weighted by atomic mass is 9.98. The zero-order valence-corrected chi connectivity index (χ0v) is 37.7. The molecule has 3 atom stereocenters. The summed E-state index contributed by atoms with van der Waals surface area (Å²) in [5.41, 5.74) is 4.95. The van der Waals surface area contributed by atoms with Gasteiger partial charge in [0.15, 0.2) is 6.08 Å². The Bertz CT molecular complexity index is 2710. The topological polar surface area (TPSA) is 224 Å². The van der Waals surface area contributed by atoms with E-state index >= 15 is 0 Å². The van der Waals surface area contributed by atoms with E-state index in [9.17, 15) is 29.1 Å². The number of nitrogens with one attached hydrogen (secondary N) is 3. The summed E-state index contributed by atoms with van der Waals surface area (Å²) < 4.78 is 28.2. The third-order valence-corrected chi connectivity index (χ3v) is 10.7. The van der Waals surface area contributed by atoms with Gasteiger partial charge in [-0.15, -0.1) is 0 Å². The molecule has 1 heterocycles. The summed E-state index contributed by atoms with van der Waals surface area (Å²) in [6, 6.07) is 35.5. The van der Waals surface area contributed by atoms with Crippen LogP contribution in [0.25, 0.3) is 16.8 Å². The second-order valence-electron chi connectivity index (χ2n) is 16.8. The number of aromatic nitrogens is 2. The summed E-state index contributed by atoms with van der Waals surface area (Å²) >= 11 is 0. The van der Waals surface area contributed by atoms with E-state index in [4.69, 9.17) is 23.5 Å². The van der Waals surface area contributed by atoms with Crippen molar-refractivity contribution in [3.63, 3.8) is 0 Å². The van der Waals surface area contributed by atoms with Crippen molar-refractivity contribution in [3.05, 3.63) is 162 Å². The third kappa shape index (κ3) is 12.7. The fourth-order valence-corrected chi connectivity index (χ4v) is 7.61. The van der Waals surface area contributed by atoms with Gasteiger partial charge in [-0.3, -0.25) is 18.9 Å². The molecule has 17 heteroatoms. The molecule has 1 aliphatic rings. The molecular formula is C51H50N6O11. The second-order valence-corrected chi connectivity index (χ2v) is 16.8. The van der Waals surface area contributed by atoms with Crippen molar-refractivity contribution in [1.29, 1.82) is 0 Å². The van der Waals surface area contributed by atoms with Crippen LogP contribution in [0.1, 0.15) is 55.4 Å². The predicted molar refractivity (Wildman–Crippen MR) is 244 cm³/mol. The van der Waals surface area contributed by atoms with Crippen LogP contribution in [-0.4, -0.2) is 78.6 Å². The summed E-state index contributed by atoms with van der Waals surface area (Å²) in [5, 5.41) is 24.5. The van der Waals surface area contributed by atoms with E-state index in [1.54, 1.807) is 69.3 Å². The molecule has 350 valence electrons. The minimum Gasteiger partial charge on any atom is -0.566 e. The maximum Gasteiger partial charge on any atom is 0.407 e. The summed E-state index contributed by atoms with van der Waals surface area (Å²) in [5.74, 6) is -3.53. The van der Waals surface area contributed by atoms with Crippen molar-refractivity contribution >= 4 is 41.8 Å². The summed E-state index contributed by atoms with van der Waals surface area (Å²) in [6.45, 7) is 4.90. The number of hydrogen-bond donors (Lipinski definition) is 3. The van der Waals surface area contributed by atoms with Gasteiger partial charge in [0.2, 0.25) is 22.8 Å². The van der Waals surface area contributed by atoms with Crippen LogP contribution in [0.4, 0.5) is 10.7 Å². The molecule has 1 aromatic heterocycles. The number of hydrogen-bond acceptors (Lipinski definition) is 13. The second kappa shape index (κ2) is 21.8. The Labute approximate surface area is 392 Å². The highest BCUT2D eigenvalue weighted by molar-refractivity contribution is 5.95. The van der Waals surface area contributed by atoms with E-state index in [1.807, 2.05) is 72.8 Å². The Kier molecular flexibility index (Phi) is 15.2. The zero-order chi connectivity index (χ0) is 48.2. The number of rotatable bonds is 17. The molecule has 17 nitrogen and oxygen atoms in total. The fraction of sp³-hybridized carbons (Fsp3) is 0.255. The number of ether oxygens (including phenoxy) is 4. The van der Waals surface area contributed by atoms with Gasteiger partial charge >= 0.3 is 23.9 Å². The first-order valence-electron chi connectivity index (χ1n) is 21.8. The molecule has 0 saturated heterocycles. The Hall–Kier alpha value is -8.34. The van der Waals surface area contributed by atoms with Crippen molar-refractivity contribution in [2.24, 2.45) is 4.99 Å². The number of fused-ring (bicyclic) bond motifs is 3. The van der Waals surface area contributed by atoms with Crippen LogP contribution in [0.3, 0.4) is 0 Å². The number of methoxy groups -OCH3 is 1. The number of nitrogens with zero attached hydrogens (tertiary/aromatic N) is 3. The van der Waals surface area contributed by atoms with Gasteiger partial charge in [0.1, 0.15) is 30.3 Å². The molecule has 1 aliphatic carbocycles. The average molecular weight is 923 g/mol. The van der Waals surface area contributed by atoms with Crippen molar-refractivity contribution in [1.82, 2.24) is 21.2 Å². The Morgan fingerprint density at radius 3 is 1.91 bits per heavy atom. The highest BCUT2D eigenvalue weighted by Gasteiger charge is 2.34. The molecule has 0 spiro atoms. The predicted octanol–water partition coefficient (Wildman–Crippen LogP) is 4.95. The molecule has 0 bridgehead atoms. The van der Waals surface area contributed by atoms with Gasteiger partial charge in [0, 0.05) is 36.6 Å². The number of benzene rings is 5. The first kappa shape index (κ1) is 47.6. The first-order chi connectivity index (χ1) is 32.7. The number of alkyl carbamates (subject to hydrolysis) is 1. The molecule has 68 heavy (non-hydrogen) atoms. The van der Waals surface area contributed by atoms with Crippen molar-refractivity contribution in [3.8, 4) is 22.6 Å². The zero-order valence-electron chi connectivity index (χ0n) is 37.7. The van der Waals surface area contributed by atoms with E-state index in [0.717, 1.165) is 27.8 Å². The molecule has 7 rings (SSSR count). The van der Waals surface area contributed by atoms with Gasteiger partial charge in [0.25, 0.3) is 6.20 Å². The molecule has 0 fully saturated rings. The molecule has 0 saturated carbocycles. The normalized spacial score (nSPS) is 13.4. The molecule has 5 aromatic carbocycles. The quantitative estimate of drug-likeness (QED) is 0.0364. The number of amides is 3. The SMILES string of the molecule is COC(=O)[C@H](Cc1ccccc1)NC(=O)[C@H](Cc1ccc(O/C([O-])=N/c2c[n+](-c3ccccc3)no2)cc1)NC(=O)[C@H](CC(=O)OC(C)(C)C)NC(=O)OCC1c2ccccc2-c2ccccc21. The monoisotopic (exact) mass is 922 g/mol. The lowest BCUT2D eigenvalue weighted by Gasteiger charge is -2.26. The number of carbonyl (C=O) groups excluding carboxylic acids is 5. The standard InChI is InChI=1S/C51H50N6O11/c1-51(2,3)67-45(58)29-42(54-49(62)65-31-40-38-21-13-11-19-36(38)37-20-12-14-22-39(37)40)47(60)52-41(46(59)53-43(48(61)64-4)28-32-15-7-5-8-16-32)27-33-23-25-35(26-24-33)66-50(63)55-44-30-57(56-68-44)34-17-9-6-10-18-34/h5-26,30,40-43H,27-29,31H2,1-4H3,(H3-,52,53,54,55,56,59,60,62,63)/t41-,42-,43-/m0/s1. The molecular weight excluding hydrogens is 873 g/mol. The van der Waals surface area contributed by atoms with Crippen LogP contribution in [0.15, 0.2) is 149 Å². The van der Waals surface area contributed by atoms with E-state index in [-0.39, 0.29) is 37.0 Å². The number of esters is 2. The van der Waals surface area contributed by atoms with Crippen LogP contribution >= 0.6 is 0 Å². The molecule has 0 aliphatic heterocycles. The van der Waals surface area contributed by atoms with E-state index < -0.39 is 66.1 Å². The Morgan fingerprint density at radius 2 is 1.28 bits per heavy atom. The molecule has 6 aromatic rings. The average Bonchev–Trinajstić information content (AvgIpc) is 3.92. The van der Waals surface area contributed by atoms with Crippen LogP contribution < -0.4 is 30.5 Å². The number of aliphatic imine (C=N–C) groups is 1. The summed E-state index contributed by atoms with van der Waals surface area (Å²) in [4.78, 5) is 72.2. The van der Waals surface area contributed by atoms with Gasteiger partial charge < -0.3 is 40.0 Å². The van der Waals surface area contributed by atoms with Gasteiger partial charge in [0.05, 0.1) is 13.5 Å². The van der Waals surface area contributed by atoms with Gasteiger partial charge in [-0.05, 0) is 71.0 Å². The lowest BCUT2D eigenvalue weighted by Crippen LogP contribution is -2.57. The number of para-hydroxylation sites is 1. The summed E-state index contributed by atoms with van der Waals surface area (Å²) in [6.07, 6.45) is -1.29. The van der Waals surface area contributed by atoms with Gasteiger partial charge in [-0.2, -0.15) is 4.99 Å². The van der Waals surface area contributed by atoms with Crippen LogP contribution in [0.5, 0.6) is 5.75 Å². The lowest BCUT2D eigenvalue weighted by molar-refractivity contribution is -0.670. The molecule has 0 unspecified atom stereocenters. The molecule has 3 N–H and O–H groups in total. The largest absolute Gasteiger partial charge is 0.566 e. The number of carbonyl (C=O) groups is 5. The van der Waals surface area contributed by atoms with Gasteiger partial charge in [-0.1, -0.05) is 109 Å². The Balaban J connectivity index is 1.09. The maximum absolute atomic E-state index is 14.3. The maximum atomic E-state index is 14.3. The van der Waals surface area contributed by atoms with E-state index in [2.05, 4.69) is 26.2 Å².